The zero-order chi connectivity index (χ0) is 15.2. The Morgan fingerprint density at radius 3 is 2.65 bits per heavy atom. The average Bonchev–Trinajstić information content (AvgIpc) is 2.36. The molecule has 1 aromatic heterocycles. The van der Waals surface area contributed by atoms with E-state index in [4.69, 9.17) is 11.0 Å². The molecule has 108 valence electrons. The van der Waals surface area contributed by atoms with Gasteiger partial charge in [-0.05, 0) is 25.0 Å². The van der Waals surface area contributed by atoms with Gasteiger partial charge in [0.1, 0.15) is 17.6 Å². The Labute approximate surface area is 113 Å². The first-order chi connectivity index (χ1) is 9.34. The molecular formula is C12H13F3N4O. The second kappa shape index (κ2) is 6.75. The number of unbranched alkanes of at least 4 members (excludes halogenated alkanes) is 1. The van der Waals surface area contributed by atoms with E-state index in [9.17, 15) is 18.0 Å². The Morgan fingerprint density at radius 1 is 1.40 bits per heavy atom. The Balaban J connectivity index is 2.68. The molecule has 1 aromatic rings. The molecule has 0 radical (unpaired) electrons. The lowest BCUT2D eigenvalue weighted by Gasteiger charge is -2.10. The quantitative estimate of drug-likeness (QED) is 0.783. The summed E-state index contributed by atoms with van der Waals surface area (Å²) in [6.07, 6.45) is -3.30. The molecule has 0 aromatic carbocycles. The van der Waals surface area contributed by atoms with Crippen molar-refractivity contribution >= 4 is 11.7 Å². The van der Waals surface area contributed by atoms with Crippen LogP contribution in [0.25, 0.3) is 0 Å². The maximum absolute atomic E-state index is 12.5. The number of carbonyl (C=O) groups is 1. The van der Waals surface area contributed by atoms with E-state index in [0.717, 1.165) is 12.1 Å². The summed E-state index contributed by atoms with van der Waals surface area (Å²) in [5.41, 5.74) is 3.94. The number of halogens is 3. The monoisotopic (exact) mass is 286 g/mol. The normalized spacial score (nSPS) is 10.9. The summed E-state index contributed by atoms with van der Waals surface area (Å²) in [5, 5.41) is 11.5. The standard InChI is InChI=1S/C12H13F3N4O/c13-12(14,15)9-5-4-8(7-16)11(19-9)18-6-2-1-3-10(17)20/h4-5H,1-3,6H2,(H2,17,20)(H,18,19). The predicted octanol–water partition coefficient (Wildman–Crippen LogP) is 2.04. The maximum Gasteiger partial charge on any atom is 0.433 e. The van der Waals surface area contributed by atoms with Crippen LogP contribution in [0.4, 0.5) is 19.0 Å². The highest BCUT2D eigenvalue weighted by Gasteiger charge is 2.33. The van der Waals surface area contributed by atoms with Crippen LogP contribution in [0.1, 0.15) is 30.5 Å². The average molecular weight is 286 g/mol. The van der Waals surface area contributed by atoms with Crippen molar-refractivity contribution in [3.8, 4) is 6.07 Å². The lowest BCUT2D eigenvalue weighted by Crippen LogP contribution is -2.13. The molecule has 8 heteroatoms. The molecule has 20 heavy (non-hydrogen) atoms. The molecule has 1 rings (SSSR count). The van der Waals surface area contributed by atoms with Gasteiger partial charge in [-0.15, -0.1) is 0 Å². The fraction of sp³-hybridized carbons (Fsp3) is 0.417. The highest BCUT2D eigenvalue weighted by Crippen LogP contribution is 2.29. The smallest absolute Gasteiger partial charge is 0.370 e. The SMILES string of the molecule is N#Cc1ccc(C(F)(F)F)nc1NCCCCC(N)=O. The summed E-state index contributed by atoms with van der Waals surface area (Å²) in [6, 6.07) is 3.60. The first kappa shape index (κ1) is 15.8. The third-order valence-electron chi connectivity index (χ3n) is 2.45. The molecule has 0 saturated carbocycles. The van der Waals surface area contributed by atoms with Crippen molar-refractivity contribution in [1.82, 2.24) is 4.98 Å². The number of aromatic nitrogens is 1. The van der Waals surface area contributed by atoms with Gasteiger partial charge in [0.15, 0.2) is 0 Å². The number of alkyl halides is 3. The number of anilines is 1. The van der Waals surface area contributed by atoms with Crippen LogP contribution in [-0.4, -0.2) is 17.4 Å². The van der Waals surface area contributed by atoms with Crippen molar-refractivity contribution < 1.29 is 18.0 Å². The highest BCUT2D eigenvalue weighted by molar-refractivity contribution is 5.73. The minimum atomic E-state index is -4.56. The van der Waals surface area contributed by atoms with Crippen LogP contribution in [0.3, 0.4) is 0 Å². The first-order valence-corrected chi connectivity index (χ1v) is 5.85. The molecule has 3 N–H and O–H groups in total. The molecule has 1 heterocycles. The van der Waals surface area contributed by atoms with Gasteiger partial charge in [0.2, 0.25) is 5.91 Å². The second-order valence-corrected chi connectivity index (χ2v) is 4.05. The molecule has 0 aliphatic heterocycles. The summed E-state index contributed by atoms with van der Waals surface area (Å²) < 4.78 is 37.5. The Bertz CT molecular complexity index is 522. The van der Waals surface area contributed by atoms with Crippen LogP contribution in [-0.2, 0) is 11.0 Å². The molecule has 0 fully saturated rings. The van der Waals surface area contributed by atoms with Gasteiger partial charge in [-0.1, -0.05) is 0 Å². The van der Waals surface area contributed by atoms with Gasteiger partial charge >= 0.3 is 6.18 Å². The second-order valence-electron chi connectivity index (χ2n) is 4.05. The van der Waals surface area contributed by atoms with E-state index < -0.39 is 17.8 Å². The van der Waals surface area contributed by atoms with E-state index >= 15 is 0 Å². The summed E-state index contributed by atoms with van der Waals surface area (Å²) in [5.74, 6) is -0.540. The Morgan fingerprint density at radius 2 is 2.10 bits per heavy atom. The molecule has 0 spiro atoms. The molecule has 0 aliphatic rings. The molecule has 0 aliphatic carbocycles. The molecule has 0 atom stereocenters. The zero-order valence-corrected chi connectivity index (χ0v) is 10.5. The van der Waals surface area contributed by atoms with Crippen LogP contribution in [0, 0.1) is 11.3 Å². The third kappa shape index (κ3) is 4.76. The zero-order valence-electron chi connectivity index (χ0n) is 10.5. The van der Waals surface area contributed by atoms with E-state index in [1.165, 1.54) is 0 Å². The van der Waals surface area contributed by atoms with Gasteiger partial charge in [0.25, 0.3) is 0 Å². The largest absolute Gasteiger partial charge is 0.433 e. The number of nitriles is 1. The fourth-order valence-corrected chi connectivity index (χ4v) is 1.47. The molecule has 0 bridgehead atoms. The minimum Gasteiger partial charge on any atom is -0.370 e. The van der Waals surface area contributed by atoms with Gasteiger partial charge < -0.3 is 11.1 Å². The van der Waals surface area contributed by atoms with Crippen molar-refractivity contribution in [2.45, 2.75) is 25.4 Å². The number of carbonyl (C=O) groups excluding carboxylic acids is 1. The number of hydrogen-bond donors (Lipinski definition) is 2. The van der Waals surface area contributed by atoms with Crippen molar-refractivity contribution in [3.05, 3.63) is 23.4 Å². The number of hydrogen-bond acceptors (Lipinski definition) is 4. The van der Waals surface area contributed by atoms with Crippen LogP contribution in [0.5, 0.6) is 0 Å². The minimum absolute atomic E-state index is 0.0351. The number of nitrogens with one attached hydrogen (secondary N) is 1. The van der Waals surface area contributed by atoms with Crippen LogP contribution < -0.4 is 11.1 Å². The van der Waals surface area contributed by atoms with Gasteiger partial charge in [-0.2, -0.15) is 18.4 Å². The Hall–Kier alpha value is -2.30. The lowest BCUT2D eigenvalue weighted by molar-refractivity contribution is -0.141. The molecule has 0 saturated heterocycles. The molecule has 0 unspecified atom stereocenters. The van der Waals surface area contributed by atoms with E-state index in [1.54, 1.807) is 6.07 Å². The Kier molecular flexibility index (Phi) is 5.32. The van der Waals surface area contributed by atoms with Gasteiger partial charge in [0, 0.05) is 13.0 Å². The van der Waals surface area contributed by atoms with Crippen LogP contribution in [0.2, 0.25) is 0 Å². The molecule has 5 nitrogen and oxygen atoms in total. The van der Waals surface area contributed by atoms with E-state index in [-0.39, 0.29) is 17.8 Å². The van der Waals surface area contributed by atoms with Crippen LogP contribution >= 0.6 is 0 Å². The van der Waals surface area contributed by atoms with Crippen molar-refractivity contribution in [2.75, 3.05) is 11.9 Å². The number of amides is 1. The van der Waals surface area contributed by atoms with E-state index in [0.29, 0.717) is 19.4 Å². The van der Waals surface area contributed by atoms with Crippen molar-refractivity contribution in [3.63, 3.8) is 0 Å². The number of nitrogens with zero attached hydrogens (tertiary/aromatic N) is 2. The summed E-state index contributed by atoms with van der Waals surface area (Å²) in [7, 11) is 0. The lowest BCUT2D eigenvalue weighted by atomic mass is 10.2. The topological polar surface area (TPSA) is 91.8 Å². The highest BCUT2D eigenvalue weighted by atomic mass is 19.4. The van der Waals surface area contributed by atoms with Gasteiger partial charge in [0.05, 0.1) is 5.56 Å². The maximum atomic E-state index is 12.5. The van der Waals surface area contributed by atoms with Gasteiger partial charge in [-0.25, -0.2) is 4.98 Å². The first-order valence-electron chi connectivity index (χ1n) is 5.85. The third-order valence-corrected chi connectivity index (χ3v) is 2.45. The number of rotatable bonds is 6. The summed E-state index contributed by atoms with van der Waals surface area (Å²) >= 11 is 0. The predicted molar refractivity (Wildman–Crippen MR) is 65.5 cm³/mol. The summed E-state index contributed by atoms with van der Waals surface area (Å²) in [4.78, 5) is 13.9. The van der Waals surface area contributed by atoms with Crippen LogP contribution in [0.15, 0.2) is 12.1 Å². The molecular weight excluding hydrogens is 273 g/mol. The number of pyridine rings is 1. The van der Waals surface area contributed by atoms with E-state index in [1.807, 2.05) is 0 Å². The van der Waals surface area contributed by atoms with Crippen molar-refractivity contribution in [2.24, 2.45) is 5.73 Å². The molecule has 1 amide bonds. The van der Waals surface area contributed by atoms with E-state index in [2.05, 4.69) is 10.3 Å². The van der Waals surface area contributed by atoms with Gasteiger partial charge in [-0.3, -0.25) is 4.79 Å². The number of nitrogens with two attached hydrogens (primary N) is 1. The number of primary amides is 1. The van der Waals surface area contributed by atoms with Crippen molar-refractivity contribution in [1.29, 1.82) is 5.26 Å². The summed E-state index contributed by atoms with van der Waals surface area (Å²) in [6.45, 7) is 0.302. The fourth-order valence-electron chi connectivity index (χ4n) is 1.47.